The molecule has 1 aromatic heterocycles. The highest BCUT2D eigenvalue weighted by molar-refractivity contribution is 7.89. The number of ether oxygens (including phenoxy) is 1. The second-order valence-electron chi connectivity index (χ2n) is 9.35. The van der Waals surface area contributed by atoms with Crippen molar-refractivity contribution in [3.63, 3.8) is 0 Å². The Labute approximate surface area is 224 Å². The van der Waals surface area contributed by atoms with Crippen LogP contribution in [0.5, 0.6) is 5.75 Å². The number of anilines is 2. The number of rotatable bonds is 7. The van der Waals surface area contributed by atoms with Crippen molar-refractivity contribution in [3.8, 4) is 17.6 Å². The van der Waals surface area contributed by atoms with Crippen LogP contribution in [0.15, 0.2) is 47.4 Å². The van der Waals surface area contributed by atoms with Crippen LogP contribution in [0.2, 0.25) is 0 Å². The van der Waals surface area contributed by atoms with Crippen molar-refractivity contribution in [2.24, 2.45) is 5.14 Å². The van der Waals surface area contributed by atoms with Crippen molar-refractivity contribution < 1.29 is 30.7 Å². The molecule has 2 atom stereocenters. The van der Waals surface area contributed by atoms with Crippen LogP contribution < -0.4 is 20.5 Å². The predicted molar refractivity (Wildman–Crippen MR) is 142 cm³/mol. The van der Waals surface area contributed by atoms with Gasteiger partial charge in [0.15, 0.2) is 0 Å². The number of halogens is 4. The van der Waals surface area contributed by atoms with Crippen molar-refractivity contribution in [1.82, 2.24) is 9.47 Å². The summed E-state index contributed by atoms with van der Waals surface area (Å²) in [5.74, 6) is 5.83. The van der Waals surface area contributed by atoms with E-state index in [2.05, 4.69) is 22.5 Å². The van der Waals surface area contributed by atoms with Crippen molar-refractivity contribution >= 4 is 32.3 Å². The van der Waals surface area contributed by atoms with Crippen LogP contribution in [0.25, 0.3) is 10.9 Å². The highest BCUT2D eigenvalue weighted by atomic mass is 32.2. The average Bonchev–Trinajstić information content (AvgIpc) is 3.19. The van der Waals surface area contributed by atoms with Crippen LogP contribution in [0, 0.1) is 11.8 Å². The number of aromatic nitrogens is 1. The summed E-state index contributed by atoms with van der Waals surface area (Å²) in [6.45, 7) is -0.215. The fraction of sp³-hybridized carbons (Fsp3) is 0.385. The molecule has 0 bridgehead atoms. The van der Waals surface area contributed by atoms with Gasteiger partial charge in [0.1, 0.15) is 18.5 Å². The predicted octanol–water partition coefficient (Wildman–Crippen LogP) is 3.78. The van der Waals surface area contributed by atoms with Crippen LogP contribution in [0.4, 0.5) is 28.9 Å². The van der Waals surface area contributed by atoms with Crippen molar-refractivity contribution in [1.29, 1.82) is 0 Å². The van der Waals surface area contributed by atoms with E-state index in [1.54, 1.807) is 24.3 Å². The molecule has 1 aliphatic rings. The van der Waals surface area contributed by atoms with E-state index in [1.165, 1.54) is 25.3 Å². The van der Waals surface area contributed by atoms with Gasteiger partial charge >= 0.3 is 6.18 Å². The van der Waals surface area contributed by atoms with Crippen LogP contribution in [-0.2, 0) is 16.6 Å². The van der Waals surface area contributed by atoms with Crippen molar-refractivity contribution in [2.45, 2.75) is 36.3 Å². The first-order valence-electron chi connectivity index (χ1n) is 12.1. The maximum Gasteiger partial charge on any atom is 0.406 e. The number of nitrogens with zero attached hydrogens (tertiary/aromatic N) is 2. The summed E-state index contributed by atoms with van der Waals surface area (Å²) in [5.41, 5.74) is 1.46. The topological polar surface area (TPSA) is 102 Å². The van der Waals surface area contributed by atoms with E-state index in [0.717, 1.165) is 4.57 Å². The molecule has 39 heavy (non-hydrogen) atoms. The lowest BCUT2D eigenvalue weighted by Crippen LogP contribution is -2.46. The van der Waals surface area contributed by atoms with Crippen molar-refractivity contribution in [3.05, 3.63) is 48.2 Å². The molecular weight excluding hydrogens is 538 g/mol. The number of nitrogens with one attached hydrogen (secondary N) is 2. The normalized spacial score (nSPS) is 18.4. The number of nitrogens with two attached hydrogens (primary N) is 1. The molecule has 0 saturated carbocycles. The summed E-state index contributed by atoms with van der Waals surface area (Å²) < 4.78 is 84.5. The maximum absolute atomic E-state index is 14.6. The monoisotopic (exact) mass is 567 g/mol. The highest BCUT2D eigenvalue weighted by Gasteiger charge is 2.31. The lowest BCUT2D eigenvalue weighted by Gasteiger charge is -2.33. The Morgan fingerprint density at radius 1 is 1.18 bits per heavy atom. The molecule has 0 amide bonds. The lowest BCUT2D eigenvalue weighted by atomic mass is 10.0. The van der Waals surface area contributed by atoms with Gasteiger partial charge in [-0.1, -0.05) is 12.0 Å². The molecule has 2 aromatic carbocycles. The molecule has 13 heteroatoms. The number of piperidine rings is 1. The molecule has 4 N–H and O–H groups in total. The first-order chi connectivity index (χ1) is 18.4. The summed E-state index contributed by atoms with van der Waals surface area (Å²) in [6.07, 6.45) is -5.03. The highest BCUT2D eigenvalue weighted by Crippen LogP contribution is 2.32. The van der Waals surface area contributed by atoms with Gasteiger partial charge in [-0.15, -0.1) is 0 Å². The number of hydrogen-bond donors (Lipinski definition) is 3. The number of benzene rings is 2. The van der Waals surface area contributed by atoms with Crippen LogP contribution in [-0.4, -0.2) is 70.1 Å². The summed E-state index contributed by atoms with van der Waals surface area (Å²) >= 11 is 0. The molecular formula is C26H29F4N5O3S. The molecule has 0 unspecified atom stereocenters. The molecule has 0 aliphatic carbocycles. The standard InChI is InChI=1S/C26H29F4N5O3S/c1-34-12-10-22(20(27)15-34)33-21-6-3-7-24-19(21)13-17(35(24)16-26(28,29)30)5-4-11-32-23-9-8-18(39(31,36)37)14-25(23)38-2/h3,6-9,13-14,20,22,32-33H,10-12,15-16H2,1-2H3,(H2,31,36,37)/t20-,22-/m0/s1. The molecule has 4 rings (SSSR count). The summed E-state index contributed by atoms with van der Waals surface area (Å²) in [7, 11) is -0.721. The number of likely N-dealkylation sites (tertiary alicyclic amines) is 1. The smallest absolute Gasteiger partial charge is 0.406 e. The molecule has 1 fully saturated rings. The zero-order valence-electron chi connectivity index (χ0n) is 21.3. The molecule has 8 nitrogen and oxygen atoms in total. The zero-order chi connectivity index (χ0) is 28.4. The first kappa shape index (κ1) is 28.5. The molecule has 1 aliphatic heterocycles. The molecule has 210 valence electrons. The number of methoxy groups -OCH3 is 1. The Morgan fingerprint density at radius 3 is 2.62 bits per heavy atom. The Kier molecular flexibility index (Phi) is 8.29. The van der Waals surface area contributed by atoms with Gasteiger partial charge in [0.05, 0.1) is 41.5 Å². The third kappa shape index (κ3) is 6.95. The van der Waals surface area contributed by atoms with Gasteiger partial charge in [0.25, 0.3) is 0 Å². The van der Waals surface area contributed by atoms with Gasteiger partial charge < -0.3 is 24.8 Å². The SMILES string of the molecule is COc1cc(S(N)(=O)=O)ccc1NCC#Cc1cc2c(N[C@H]3CCN(C)C[C@@H]3F)cccc2n1CC(F)(F)F. The lowest BCUT2D eigenvalue weighted by molar-refractivity contribution is -0.140. The third-order valence-electron chi connectivity index (χ3n) is 6.45. The minimum Gasteiger partial charge on any atom is -0.495 e. The number of sulfonamides is 1. The van der Waals surface area contributed by atoms with E-state index in [4.69, 9.17) is 9.88 Å². The average molecular weight is 568 g/mol. The Bertz CT molecular complexity index is 1510. The molecule has 0 radical (unpaired) electrons. The van der Waals surface area contributed by atoms with Gasteiger partial charge in [-0.3, -0.25) is 0 Å². The minimum absolute atomic E-state index is 0.0306. The molecule has 3 aromatic rings. The Morgan fingerprint density at radius 2 is 1.95 bits per heavy atom. The van der Waals surface area contributed by atoms with E-state index in [0.29, 0.717) is 35.2 Å². The number of primary sulfonamides is 1. The van der Waals surface area contributed by atoms with E-state index < -0.39 is 35.0 Å². The fourth-order valence-electron chi connectivity index (χ4n) is 4.55. The van der Waals surface area contributed by atoms with Gasteiger partial charge in [0.2, 0.25) is 10.0 Å². The molecule has 0 spiro atoms. The summed E-state index contributed by atoms with van der Waals surface area (Å²) in [5, 5.41) is 11.8. The third-order valence-corrected chi connectivity index (χ3v) is 7.36. The quantitative estimate of drug-likeness (QED) is 0.297. The van der Waals surface area contributed by atoms with E-state index in [9.17, 15) is 26.0 Å². The minimum atomic E-state index is -4.49. The van der Waals surface area contributed by atoms with Crippen LogP contribution in [0.1, 0.15) is 12.1 Å². The van der Waals surface area contributed by atoms with Gasteiger partial charge in [-0.05, 0) is 49.7 Å². The Balaban J connectivity index is 1.61. The first-order valence-corrected chi connectivity index (χ1v) is 13.6. The number of fused-ring (bicyclic) bond motifs is 1. The maximum atomic E-state index is 14.6. The van der Waals surface area contributed by atoms with E-state index in [-0.39, 0.29) is 29.4 Å². The van der Waals surface area contributed by atoms with Gasteiger partial charge in [-0.2, -0.15) is 13.2 Å². The zero-order valence-corrected chi connectivity index (χ0v) is 22.2. The number of alkyl halides is 4. The molecule has 1 saturated heterocycles. The van der Waals surface area contributed by atoms with Gasteiger partial charge in [0, 0.05) is 30.2 Å². The van der Waals surface area contributed by atoms with Gasteiger partial charge in [-0.25, -0.2) is 17.9 Å². The van der Waals surface area contributed by atoms with Crippen molar-refractivity contribution in [2.75, 3.05) is 44.4 Å². The van der Waals surface area contributed by atoms with E-state index in [1.807, 2.05) is 11.9 Å². The van der Waals surface area contributed by atoms with Crippen LogP contribution in [0.3, 0.4) is 0 Å². The fourth-order valence-corrected chi connectivity index (χ4v) is 5.08. The number of hydrogen-bond acceptors (Lipinski definition) is 6. The van der Waals surface area contributed by atoms with E-state index >= 15 is 0 Å². The Hall–Kier alpha value is -3.47. The summed E-state index contributed by atoms with van der Waals surface area (Å²) in [6, 6.07) is 10.1. The largest absolute Gasteiger partial charge is 0.495 e. The molecule has 2 heterocycles. The summed E-state index contributed by atoms with van der Waals surface area (Å²) in [4.78, 5) is 1.77. The second-order valence-corrected chi connectivity index (χ2v) is 10.9. The second kappa shape index (κ2) is 11.3. The van der Waals surface area contributed by atoms with Crippen LogP contribution >= 0.6 is 0 Å².